The van der Waals surface area contributed by atoms with Gasteiger partial charge in [-0.25, -0.2) is 4.99 Å². The third-order valence-corrected chi connectivity index (χ3v) is 2.69. The van der Waals surface area contributed by atoms with Crippen LogP contribution < -0.4 is 5.73 Å². The van der Waals surface area contributed by atoms with Crippen LogP contribution in [0, 0.1) is 0 Å². The molecule has 0 fully saturated rings. The summed E-state index contributed by atoms with van der Waals surface area (Å²) in [5, 5.41) is 1.38. The summed E-state index contributed by atoms with van der Waals surface area (Å²) in [6.07, 6.45) is 1.84. The topological polar surface area (TPSA) is 38.4 Å². The van der Waals surface area contributed by atoms with Gasteiger partial charge in [-0.1, -0.05) is 41.0 Å². The number of thioether (sulfide) groups is 1. The fourth-order valence-corrected chi connectivity index (χ4v) is 1.27. The molecule has 0 spiro atoms. The first-order valence-electron chi connectivity index (χ1n) is 3.47. The molecule has 0 bridgehead atoms. The number of nitrogens with zero attached hydrogens (tertiary/aromatic N) is 1. The van der Waals surface area contributed by atoms with Crippen molar-refractivity contribution in [2.75, 3.05) is 6.26 Å². The molecule has 1 aromatic carbocycles. The lowest BCUT2D eigenvalue weighted by atomic mass is 10.3. The van der Waals surface area contributed by atoms with Crippen molar-refractivity contribution in [3.8, 4) is 0 Å². The molecule has 1 aromatic rings. The highest BCUT2D eigenvalue weighted by atomic mass is 35.5. The third-order valence-electron chi connectivity index (χ3n) is 1.37. The van der Waals surface area contributed by atoms with E-state index in [1.54, 1.807) is 18.2 Å². The van der Waals surface area contributed by atoms with Crippen LogP contribution in [-0.2, 0) is 0 Å². The van der Waals surface area contributed by atoms with E-state index >= 15 is 0 Å². The molecule has 0 saturated carbocycles. The highest BCUT2D eigenvalue weighted by Gasteiger charge is 2.02. The number of amidine groups is 1. The van der Waals surface area contributed by atoms with E-state index in [1.165, 1.54) is 11.8 Å². The minimum Gasteiger partial charge on any atom is -0.378 e. The second kappa shape index (κ2) is 4.74. The molecule has 0 aliphatic carbocycles. The molecule has 0 aliphatic rings. The summed E-state index contributed by atoms with van der Waals surface area (Å²) < 4.78 is 0. The van der Waals surface area contributed by atoms with Gasteiger partial charge >= 0.3 is 0 Å². The molecule has 0 aromatic heterocycles. The highest BCUT2D eigenvalue weighted by Crippen LogP contribution is 2.31. The Bertz CT molecular complexity index is 339. The Labute approximate surface area is 91.1 Å². The van der Waals surface area contributed by atoms with Gasteiger partial charge in [0.1, 0.15) is 0 Å². The van der Waals surface area contributed by atoms with Crippen LogP contribution in [0.4, 0.5) is 5.69 Å². The Morgan fingerprint density at radius 2 is 2.15 bits per heavy atom. The van der Waals surface area contributed by atoms with Crippen molar-refractivity contribution in [2.45, 2.75) is 0 Å². The summed E-state index contributed by atoms with van der Waals surface area (Å²) in [5.74, 6) is 0. The lowest BCUT2D eigenvalue weighted by Gasteiger charge is -2.00. The van der Waals surface area contributed by atoms with Gasteiger partial charge in [0.05, 0.1) is 15.7 Å². The van der Waals surface area contributed by atoms with E-state index in [4.69, 9.17) is 28.9 Å². The molecule has 0 aliphatic heterocycles. The van der Waals surface area contributed by atoms with Crippen LogP contribution in [0.5, 0.6) is 0 Å². The molecular formula is C8H8Cl2N2S. The average molecular weight is 235 g/mol. The first-order valence-corrected chi connectivity index (χ1v) is 5.45. The number of hydrogen-bond acceptors (Lipinski definition) is 2. The quantitative estimate of drug-likeness (QED) is 0.599. The molecule has 0 radical (unpaired) electrons. The van der Waals surface area contributed by atoms with E-state index in [9.17, 15) is 0 Å². The Balaban J connectivity index is 3.09. The fraction of sp³-hybridized carbons (Fsp3) is 0.125. The molecule has 13 heavy (non-hydrogen) atoms. The summed E-state index contributed by atoms with van der Waals surface area (Å²) >= 11 is 13.0. The van der Waals surface area contributed by atoms with Gasteiger partial charge in [0.25, 0.3) is 0 Å². The zero-order valence-corrected chi connectivity index (χ0v) is 9.25. The Hall–Kier alpha value is -0.380. The zero-order chi connectivity index (χ0) is 9.84. The second-order valence-corrected chi connectivity index (χ2v) is 3.84. The number of nitrogens with two attached hydrogens (primary N) is 1. The molecule has 0 saturated heterocycles. The molecule has 5 heteroatoms. The van der Waals surface area contributed by atoms with Crippen molar-refractivity contribution in [3.05, 3.63) is 28.2 Å². The summed E-state index contributed by atoms with van der Waals surface area (Å²) in [6, 6.07) is 5.25. The molecule has 1 rings (SSSR count). The summed E-state index contributed by atoms with van der Waals surface area (Å²) in [6.45, 7) is 0. The van der Waals surface area contributed by atoms with Gasteiger partial charge in [-0.3, -0.25) is 0 Å². The maximum absolute atomic E-state index is 5.89. The van der Waals surface area contributed by atoms with E-state index in [1.807, 2.05) is 6.26 Å². The molecule has 0 heterocycles. The van der Waals surface area contributed by atoms with Gasteiger partial charge in [-0.15, -0.1) is 0 Å². The summed E-state index contributed by atoms with van der Waals surface area (Å²) in [5.41, 5.74) is 6.13. The zero-order valence-electron chi connectivity index (χ0n) is 6.92. The van der Waals surface area contributed by atoms with Crippen LogP contribution in [0.1, 0.15) is 0 Å². The largest absolute Gasteiger partial charge is 0.378 e. The standard InChI is InChI=1S/C8H8Cl2N2S/c1-13-8(11)12-6-4-2-3-5(9)7(6)10/h2-4H,1H3,(H2,11,12). The lowest BCUT2D eigenvalue weighted by molar-refractivity contribution is 1.51. The van der Waals surface area contributed by atoms with E-state index in [0.717, 1.165) is 0 Å². The smallest absolute Gasteiger partial charge is 0.158 e. The van der Waals surface area contributed by atoms with Gasteiger partial charge in [0.15, 0.2) is 5.17 Å². The predicted molar refractivity (Wildman–Crippen MR) is 61.3 cm³/mol. The first-order chi connectivity index (χ1) is 6.15. The Morgan fingerprint density at radius 1 is 1.46 bits per heavy atom. The first kappa shape index (κ1) is 10.7. The summed E-state index contributed by atoms with van der Waals surface area (Å²) in [7, 11) is 0. The van der Waals surface area contributed by atoms with E-state index in [2.05, 4.69) is 4.99 Å². The Morgan fingerprint density at radius 3 is 2.77 bits per heavy atom. The van der Waals surface area contributed by atoms with Gasteiger partial charge < -0.3 is 5.73 Å². The van der Waals surface area contributed by atoms with Gasteiger partial charge in [-0.2, -0.15) is 0 Å². The van der Waals surface area contributed by atoms with Crippen molar-refractivity contribution in [1.82, 2.24) is 0 Å². The average Bonchev–Trinajstić information content (AvgIpc) is 2.13. The Kier molecular flexibility index (Phi) is 3.90. The van der Waals surface area contributed by atoms with Crippen LogP contribution in [0.25, 0.3) is 0 Å². The second-order valence-electron chi connectivity index (χ2n) is 2.23. The molecule has 0 unspecified atom stereocenters. The maximum Gasteiger partial charge on any atom is 0.158 e. The predicted octanol–water partition coefficient (Wildman–Crippen LogP) is 3.30. The van der Waals surface area contributed by atoms with Crippen LogP contribution in [0.3, 0.4) is 0 Å². The van der Waals surface area contributed by atoms with Crippen LogP contribution >= 0.6 is 35.0 Å². The molecule has 0 amide bonds. The third kappa shape index (κ3) is 2.79. The lowest BCUT2D eigenvalue weighted by Crippen LogP contribution is -2.04. The van der Waals surface area contributed by atoms with Crippen molar-refractivity contribution in [3.63, 3.8) is 0 Å². The van der Waals surface area contributed by atoms with Gasteiger partial charge in [-0.05, 0) is 18.4 Å². The number of aliphatic imine (C=N–C) groups is 1. The van der Waals surface area contributed by atoms with E-state index in [-0.39, 0.29) is 0 Å². The molecule has 0 atom stereocenters. The summed E-state index contributed by atoms with van der Waals surface area (Å²) in [4.78, 5) is 4.08. The highest BCUT2D eigenvalue weighted by molar-refractivity contribution is 8.13. The molecule has 2 N–H and O–H groups in total. The van der Waals surface area contributed by atoms with E-state index < -0.39 is 0 Å². The van der Waals surface area contributed by atoms with Crippen molar-refractivity contribution >= 4 is 45.8 Å². The van der Waals surface area contributed by atoms with Crippen molar-refractivity contribution < 1.29 is 0 Å². The SMILES string of the molecule is CSC(N)=Nc1cccc(Cl)c1Cl. The maximum atomic E-state index is 5.89. The monoisotopic (exact) mass is 234 g/mol. The van der Waals surface area contributed by atoms with Crippen LogP contribution in [-0.4, -0.2) is 11.4 Å². The number of rotatable bonds is 1. The van der Waals surface area contributed by atoms with Gasteiger partial charge in [0, 0.05) is 0 Å². The molecule has 2 nitrogen and oxygen atoms in total. The number of benzene rings is 1. The van der Waals surface area contributed by atoms with Crippen LogP contribution in [0.2, 0.25) is 10.0 Å². The molecule has 70 valence electrons. The van der Waals surface area contributed by atoms with Crippen LogP contribution in [0.15, 0.2) is 23.2 Å². The minimum absolute atomic E-state index is 0.432. The van der Waals surface area contributed by atoms with Crippen molar-refractivity contribution in [1.29, 1.82) is 0 Å². The minimum atomic E-state index is 0.432. The fourth-order valence-electron chi connectivity index (χ4n) is 0.743. The molecular weight excluding hydrogens is 227 g/mol. The van der Waals surface area contributed by atoms with Crippen molar-refractivity contribution in [2.24, 2.45) is 10.7 Å². The van der Waals surface area contributed by atoms with E-state index in [0.29, 0.717) is 20.9 Å². The normalized spacial score (nSPS) is 11.8. The number of halogens is 2. The number of hydrogen-bond donors (Lipinski definition) is 1. The van der Waals surface area contributed by atoms with Gasteiger partial charge in [0.2, 0.25) is 0 Å².